The third-order valence-corrected chi connectivity index (χ3v) is 4.53. The van der Waals surface area contributed by atoms with E-state index in [1.165, 1.54) is 11.1 Å². The maximum absolute atomic E-state index is 11.6. The highest BCUT2D eigenvalue weighted by atomic mass is 16.1. The lowest BCUT2D eigenvalue weighted by molar-refractivity contribution is -0.124. The second-order valence-corrected chi connectivity index (χ2v) is 6.45. The van der Waals surface area contributed by atoms with E-state index in [1.807, 2.05) is 0 Å². The third-order valence-electron chi connectivity index (χ3n) is 4.53. The number of aryl methyl sites for hydroxylation is 2. The molecule has 0 saturated heterocycles. The average molecular weight is 244 g/mol. The van der Waals surface area contributed by atoms with Crippen molar-refractivity contribution in [3.05, 3.63) is 35.4 Å². The van der Waals surface area contributed by atoms with Crippen LogP contribution in [0, 0.1) is 18.3 Å². The summed E-state index contributed by atoms with van der Waals surface area (Å²) < 4.78 is 0. The Labute approximate surface area is 111 Å². The molecule has 1 atom stereocenters. The summed E-state index contributed by atoms with van der Waals surface area (Å²) in [4.78, 5) is 11.6. The van der Waals surface area contributed by atoms with Gasteiger partial charge in [0.15, 0.2) is 0 Å². The molecule has 98 valence electrons. The Balaban J connectivity index is 1.96. The topological polar surface area (TPSA) is 17.1 Å². The molecule has 1 heteroatoms. The van der Waals surface area contributed by atoms with Crippen LogP contribution in [0.3, 0.4) is 0 Å². The molecule has 0 spiro atoms. The van der Waals surface area contributed by atoms with E-state index < -0.39 is 0 Å². The van der Waals surface area contributed by atoms with Gasteiger partial charge in [-0.2, -0.15) is 0 Å². The van der Waals surface area contributed by atoms with Crippen LogP contribution >= 0.6 is 0 Å². The van der Waals surface area contributed by atoms with E-state index in [0.717, 1.165) is 32.1 Å². The van der Waals surface area contributed by atoms with Crippen molar-refractivity contribution in [1.29, 1.82) is 0 Å². The van der Waals surface area contributed by atoms with Gasteiger partial charge in [-0.25, -0.2) is 0 Å². The molecule has 0 N–H and O–H groups in total. The lowest BCUT2D eigenvalue weighted by atomic mass is 9.66. The molecule has 1 aliphatic rings. The number of Topliss-reactive ketones (excluding diaryl/α,β-unsaturated/α-hetero) is 1. The van der Waals surface area contributed by atoms with Crippen LogP contribution in [-0.2, 0) is 11.2 Å². The molecule has 0 heterocycles. The fourth-order valence-corrected chi connectivity index (χ4v) is 2.91. The molecule has 1 aromatic rings. The van der Waals surface area contributed by atoms with Crippen molar-refractivity contribution < 1.29 is 4.79 Å². The van der Waals surface area contributed by atoms with Crippen LogP contribution in [0.15, 0.2) is 24.3 Å². The van der Waals surface area contributed by atoms with Gasteiger partial charge < -0.3 is 0 Å². The second kappa shape index (κ2) is 5.26. The first-order valence-corrected chi connectivity index (χ1v) is 7.04. The smallest absolute Gasteiger partial charge is 0.133 e. The number of rotatable bonds is 3. The number of hydrogen-bond acceptors (Lipinski definition) is 1. The van der Waals surface area contributed by atoms with Crippen molar-refractivity contribution in [3.8, 4) is 0 Å². The van der Waals surface area contributed by atoms with Gasteiger partial charge >= 0.3 is 0 Å². The number of carbonyl (C=O) groups is 1. The molecule has 0 aromatic heterocycles. The van der Waals surface area contributed by atoms with Gasteiger partial charge in [0.05, 0.1) is 0 Å². The van der Waals surface area contributed by atoms with E-state index >= 15 is 0 Å². The Bertz CT molecular complexity index is 414. The summed E-state index contributed by atoms with van der Waals surface area (Å²) in [6.45, 7) is 6.76. The zero-order chi connectivity index (χ0) is 13.2. The Morgan fingerprint density at radius 2 is 1.89 bits per heavy atom. The minimum Gasteiger partial charge on any atom is -0.300 e. The predicted octanol–water partition coefficient (Wildman–Crippen LogP) is 4.32. The van der Waals surface area contributed by atoms with Crippen LogP contribution in [0.2, 0.25) is 0 Å². The molecule has 1 aliphatic carbocycles. The van der Waals surface area contributed by atoms with Gasteiger partial charge in [0, 0.05) is 12.8 Å². The molecule has 1 unspecified atom stereocenters. The maximum atomic E-state index is 11.6. The Morgan fingerprint density at radius 3 is 2.56 bits per heavy atom. The molecular weight excluding hydrogens is 220 g/mol. The van der Waals surface area contributed by atoms with E-state index in [-0.39, 0.29) is 0 Å². The van der Waals surface area contributed by atoms with Gasteiger partial charge in [0.1, 0.15) is 5.78 Å². The van der Waals surface area contributed by atoms with Gasteiger partial charge in [-0.15, -0.1) is 0 Å². The van der Waals surface area contributed by atoms with E-state index in [9.17, 15) is 4.79 Å². The van der Waals surface area contributed by atoms with E-state index in [2.05, 4.69) is 45.0 Å². The minimum absolute atomic E-state index is 0.332. The molecule has 1 saturated carbocycles. The Morgan fingerprint density at radius 1 is 1.22 bits per heavy atom. The van der Waals surface area contributed by atoms with Crippen molar-refractivity contribution in [3.63, 3.8) is 0 Å². The first-order valence-electron chi connectivity index (χ1n) is 7.04. The normalized spacial score (nSPS) is 23.1. The van der Waals surface area contributed by atoms with Crippen molar-refractivity contribution in [2.24, 2.45) is 11.3 Å². The van der Waals surface area contributed by atoms with Crippen molar-refractivity contribution in [1.82, 2.24) is 0 Å². The molecule has 0 radical (unpaired) electrons. The highest BCUT2D eigenvalue weighted by molar-refractivity contribution is 5.79. The highest BCUT2D eigenvalue weighted by Gasteiger charge is 2.34. The third kappa shape index (κ3) is 3.22. The molecule has 0 aliphatic heterocycles. The van der Waals surface area contributed by atoms with Crippen LogP contribution in [-0.4, -0.2) is 5.78 Å². The summed E-state index contributed by atoms with van der Waals surface area (Å²) in [5.74, 6) is 1.02. The van der Waals surface area contributed by atoms with Crippen LogP contribution in [0.25, 0.3) is 0 Å². The highest BCUT2D eigenvalue weighted by Crippen LogP contribution is 2.41. The SMILES string of the molecule is Cc1ccc(CCC2CC(=O)CCC2(C)C)cc1. The molecular formula is C17H24O. The fourth-order valence-electron chi connectivity index (χ4n) is 2.91. The first kappa shape index (κ1) is 13.3. The number of carbonyl (C=O) groups excluding carboxylic acids is 1. The molecule has 18 heavy (non-hydrogen) atoms. The van der Waals surface area contributed by atoms with E-state index in [4.69, 9.17) is 0 Å². The lowest BCUT2D eigenvalue weighted by Gasteiger charge is -2.38. The van der Waals surface area contributed by atoms with Crippen molar-refractivity contribution in [2.45, 2.75) is 52.9 Å². The monoisotopic (exact) mass is 244 g/mol. The summed E-state index contributed by atoms with van der Waals surface area (Å²) in [7, 11) is 0. The fraction of sp³-hybridized carbons (Fsp3) is 0.588. The van der Waals surface area contributed by atoms with Crippen LogP contribution < -0.4 is 0 Å². The molecule has 2 rings (SSSR count). The minimum atomic E-state index is 0.332. The lowest BCUT2D eigenvalue weighted by Crippen LogP contribution is -2.32. The van der Waals surface area contributed by atoms with Crippen molar-refractivity contribution >= 4 is 5.78 Å². The maximum Gasteiger partial charge on any atom is 0.133 e. The van der Waals surface area contributed by atoms with E-state index in [0.29, 0.717) is 17.1 Å². The largest absolute Gasteiger partial charge is 0.300 e. The summed E-state index contributed by atoms with van der Waals surface area (Å²) >= 11 is 0. The summed E-state index contributed by atoms with van der Waals surface area (Å²) in [6, 6.07) is 8.78. The molecule has 0 bridgehead atoms. The summed E-state index contributed by atoms with van der Waals surface area (Å²) in [5.41, 5.74) is 3.04. The predicted molar refractivity (Wildman–Crippen MR) is 75.6 cm³/mol. The van der Waals surface area contributed by atoms with Gasteiger partial charge in [0.25, 0.3) is 0 Å². The van der Waals surface area contributed by atoms with Gasteiger partial charge in [-0.3, -0.25) is 4.79 Å². The van der Waals surface area contributed by atoms with Crippen molar-refractivity contribution in [2.75, 3.05) is 0 Å². The van der Waals surface area contributed by atoms with Gasteiger partial charge in [-0.05, 0) is 43.1 Å². The summed E-state index contributed by atoms with van der Waals surface area (Å²) in [6.07, 6.45) is 4.88. The first-order chi connectivity index (χ1) is 8.47. The molecule has 1 nitrogen and oxygen atoms in total. The Hall–Kier alpha value is -1.11. The molecule has 1 aromatic carbocycles. The van der Waals surface area contributed by atoms with Gasteiger partial charge in [-0.1, -0.05) is 43.7 Å². The van der Waals surface area contributed by atoms with Crippen LogP contribution in [0.4, 0.5) is 0 Å². The quantitative estimate of drug-likeness (QED) is 0.773. The number of benzene rings is 1. The van der Waals surface area contributed by atoms with E-state index in [1.54, 1.807) is 0 Å². The number of hydrogen-bond donors (Lipinski definition) is 0. The average Bonchev–Trinajstić information content (AvgIpc) is 2.33. The van der Waals surface area contributed by atoms with Crippen LogP contribution in [0.1, 0.15) is 50.7 Å². The molecule has 0 amide bonds. The van der Waals surface area contributed by atoms with Crippen LogP contribution in [0.5, 0.6) is 0 Å². The zero-order valence-electron chi connectivity index (χ0n) is 11.8. The second-order valence-electron chi connectivity index (χ2n) is 6.45. The molecule has 1 fully saturated rings. The standard InChI is InChI=1S/C17H24O/c1-13-4-6-14(7-5-13)8-9-15-12-16(18)10-11-17(15,2)3/h4-7,15H,8-12H2,1-3H3. The number of ketones is 1. The van der Waals surface area contributed by atoms with Gasteiger partial charge in [0.2, 0.25) is 0 Å². The Kier molecular flexibility index (Phi) is 3.89. The zero-order valence-corrected chi connectivity index (χ0v) is 11.8. The summed E-state index contributed by atoms with van der Waals surface area (Å²) in [5, 5.41) is 0.